The minimum absolute atomic E-state index is 0. The smallest absolute Gasteiger partial charge is 0.333 e. The molecule has 10 heteroatoms. The standard InChI is InChI=1S/C18H20N4O4S.K/c1-26-18-19-9-13(10-20-18)27(24,25)22-17(23)21-16-14-6-2-4-11(14)8-12-5-3-7-15(12)16;/h8-10H,2-7H2,1H3,(H2,21,22,23);. The molecule has 2 amide bonds. The van der Waals surface area contributed by atoms with Gasteiger partial charge in [0.05, 0.1) is 19.5 Å². The molecule has 0 atom stereocenters. The summed E-state index contributed by atoms with van der Waals surface area (Å²) in [5.41, 5.74) is 5.58. The summed E-state index contributed by atoms with van der Waals surface area (Å²) in [6.45, 7) is 0. The zero-order valence-electron chi connectivity index (χ0n) is 15.9. The number of nitrogens with one attached hydrogen (secondary N) is 2. The molecule has 0 aliphatic heterocycles. The van der Waals surface area contributed by atoms with Crippen molar-refractivity contribution in [1.82, 2.24) is 14.7 Å². The van der Waals surface area contributed by atoms with E-state index in [9.17, 15) is 13.2 Å². The number of urea groups is 1. The molecule has 2 N–H and O–H groups in total. The Labute approximate surface area is 206 Å². The number of anilines is 1. The van der Waals surface area contributed by atoms with E-state index < -0.39 is 16.1 Å². The SMILES string of the molecule is COc1ncc(S(=O)(=O)NC(=O)Nc2c3c(cc4c2CCC4)CCC3)cn1.[K]. The van der Waals surface area contributed by atoms with Gasteiger partial charge in [0.15, 0.2) is 0 Å². The fourth-order valence-electron chi connectivity index (χ4n) is 3.84. The van der Waals surface area contributed by atoms with Gasteiger partial charge in [0.1, 0.15) is 4.90 Å². The van der Waals surface area contributed by atoms with Crippen LogP contribution >= 0.6 is 0 Å². The second-order valence-electron chi connectivity index (χ2n) is 6.70. The van der Waals surface area contributed by atoms with Gasteiger partial charge in [-0.15, -0.1) is 0 Å². The molecule has 2 aromatic rings. The van der Waals surface area contributed by atoms with Crippen LogP contribution in [0.3, 0.4) is 0 Å². The van der Waals surface area contributed by atoms with Crippen LogP contribution in [0, 0.1) is 0 Å². The van der Waals surface area contributed by atoms with Gasteiger partial charge in [0, 0.05) is 57.1 Å². The molecule has 4 rings (SSSR count). The first-order chi connectivity index (χ1) is 13.0. The van der Waals surface area contributed by atoms with Gasteiger partial charge in [0.2, 0.25) is 0 Å². The van der Waals surface area contributed by atoms with Crippen molar-refractivity contribution in [3.05, 3.63) is 40.7 Å². The number of aryl methyl sites for hydroxylation is 2. The van der Waals surface area contributed by atoms with Crippen molar-refractivity contribution in [1.29, 1.82) is 0 Å². The monoisotopic (exact) mass is 427 g/mol. The molecule has 1 aromatic carbocycles. The molecule has 8 nitrogen and oxygen atoms in total. The van der Waals surface area contributed by atoms with Gasteiger partial charge in [-0.1, -0.05) is 6.07 Å². The zero-order valence-corrected chi connectivity index (χ0v) is 19.8. The van der Waals surface area contributed by atoms with Crippen molar-refractivity contribution in [2.45, 2.75) is 43.4 Å². The number of rotatable bonds is 4. The summed E-state index contributed by atoms with van der Waals surface area (Å²) < 4.78 is 31.7. The maximum atomic E-state index is 12.5. The molecule has 143 valence electrons. The second-order valence-corrected chi connectivity index (χ2v) is 8.38. The Balaban J connectivity index is 0.00000225. The van der Waals surface area contributed by atoms with E-state index >= 15 is 0 Å². The molecule has 0 saturated carbocycles. The van der Waals surface area contributed by atoms with E-state index in [1.54, 1.807) is 0 Å². The maximum Gasteiger partial charge on any atom is 0.333 e. The van der Waals surface area contributed by atoms with Gasteiger partial charge < -0.3 is 10.1 Å². The molecule has 0 bridgehead atoms. The van der Waals surface area contributed by atoms with Gasteiger partial charge in [-0.05, 0) is 60.8 Å². The molecular formula is C18H20KN4O4S. The van der Waals surface area contributed by atoms with Crippen LogP contribution in [0.5, 0.6) is 6.01 Å². The van der Waals surface area contributed by atoms with Gasteiger partial charge >= 0.3 is 12.0 Å². The maximum absolute atomic E-state index is 12.5. The van der Waals surface area contributed by atoms with Crippen molar-refractivity contribution in [3.63, 3.8) is 0 Å². The molecular weight excluding hydrogens is 407 g/mol. The normalized spacial score (nSPS) is 14.6. The summed E-state index contributed by atoms with van der Waals surface area (Å²) in [6.07, 6.45) is 8.10. The minimum Gasteiger partial charge on any atom is -0.467 e. The number of fused-ring (bicyclic) bond motifs is 2. The molecule has 2 aliphatic rings. The number of amides is 2. The van der Waals surface area contributed by atoms with E-state index in [0.29, 0.717) is 0 Å². The molecule has 0 spiro atoms. The fourth-order valence-corrected chi connectivity index (χ4v) is 4.63. The van der Waals surface area contributed by atoms with Crippen molar-refractivity contribution >= 4 is 73.1 Å². The fraction of sp³-hybridized carbons (Fsp3) is 0.389. The molecule has 2 aliphatic carbocycles. The third kappa shape index (κ3) is 4.26. The van der Waals surface area contributed by atoms with Crippen molar-refractivity contribution < 1.29 is 17.9 Å². The first-order valence-electron chi connectivity index (χ1n) is 8.84. The summed E-state index contributed by atoms with van der Waals surface area (Å²) in [7, 11) is -2.69. The number of carbonyl (C=O) groups excluding carboxylic acids is 1. The number of nitrogens with zero attached hydrogens (tertiary/aromatic N) is 2. The van der Waals surface area contributed by atoms with Crippen LogP contribution in [0.15, 0.2) is 23.4 Å². The Bertz CT molecular complexity index is 977. The minimum atomic E-state index is -4.08. The van der Waals surface area contributed by atoms with Crippen LogP contribution in [-0.4, -0.2) is 82.9 Å². The Morgan fingerprint density at radius 3 is 2.14 bits per heavy atom. The Morgan fingerprint density at radius 1 is 1.04 bits per heavy atom. The molecule has 1 aromatic heterocycles. The number of methoxy groups -OCH3 is 1. The van der Waals surface area contributed by atoms with Gasteiger partial charge in [0.25, 0.3) is 10.0 Å². The average molecular weight is 428 g/mol. The van der Waals surface area contributed by atoms with Crippen LogP contribution in [0.2, 0.25) is 0 Å². The number of hydrogen-bond donors (Lipinski definition) is 2. The average Bonchev–Trinajstić information content (AvgIpc) is 3.30. The first-order valence-corrected chi connectivity index (χ1v) is 10.3. The zero-order chi connectivity index (χ0) is 19.0. The van der Waals surface area contributed by atoms with E-state index in [1.807, 2.05) is 4.72 Å². The molecule has 0 unspecified atom stereocenters. The first kappa shape index (κ1) is 21.7. The Kier molecular flexibility index (Phi) is 6.78. The topological polar surface area (TPSA) is 110 Å². The van der Waals surface area contributed by atoms with Crippen LogP contribution < -0.4 is 14.8 Å². The van der Waals surface area contributed by atoms with Crippen molar-refractivity contribution in [2.24, 2.45) is 0 Å². The molecule has 0 saturated heterocycles. The van der Waals surface area contributed by atoms with Gasteiger partial charge in [-0.3, -0.25) is 0 Å². The second kappa shape index (κ2) is 8.76. The molecule has 1 radical (unpaired) electrons. The van der Waals surface area contributed by atoms with Crippen molar-refractivity contribution in [2.75, 3.05) is 12.4 Å². The molecule has 0 fully saturated rings. The van der Waals surface area contributed by atoms with Gasteiger partial charge in [-0.2, -0.15) is 0 Å². The number of carbonyl (C=O) groups is 1. The number of aromatic nitrogens is 2. The quantitative estimate of drug-likeness (QED) is 0.717. The summed E-state index contributed by atoms with van der Waals surface area (Å²) in [4.78, 5) is 19.8. The third-order valence-electron chi connectivity index (χ3n) is 5.04. The van der Waals surface area contributed by atoms with Crippen LogP contribution in [0.25, 0.3) is 0 Å². The molecule has 28 heavy (non-hydrogen) atoms. The number of sulfonamides is 1. The largest absolute Gasteiger partial charge is 0.467 e. The number of hydrogen-bond acceptors (Lipinski definition) is 6. The summed E-state index contributed by atoms with van der Waals surface area (Å²) in [5.74, 6) is 0. The summed E-state index contributed by atoms with van der Waals surface area (Å²) in [6, 6.07) is 1.52. The van der Waals surface area contributed by atoms with Crippen molar-refractivity contribution in [3.8, 4) is 6.01 Å². The van der Waals surface area contributed by atoms with Crippen LogP contribution in [0.4, 0.5) is 10.5 Å². The van der Waals surface area contributed by atoms with E-state index in [1.165, 1.54) is 18.2 Å². The predicted molar refractivity (Wildman–Crippen MR) is 104 cm³/mol. The summed E-state index contributed by atoms with van der Waals surface area (Å²) in [5, 5.41) is 2.80. The molecule has 1 heterocycles. The number of ether oxygens (including phenoxy) is 1. The van der Waals surface area contributed by atoms with E-state index in [0.717, 1.165) is 67.7 Å². The Hall–Kier alpha value is -1.04. The predicted octanol–water partition coefficient (Wildman–Crippen LogP) is 1.59. The van der Waals surface area contributed by atoms with Crippen LogP contribution in [-0.2, 0) is 35.7 Å². The van der Waals surface area contributed by atoms with E-state index in [2.05, 4.69) is 21.4 Å². The summed E-state index contributed by atoms with van der Waals surface area (Å²) >= 11 is 0. The van der Waals surface area contributed by atoms with E-state index in [-0.39, 0.29) is 62.3 Å². The van der Waals surface area contributed by atoms with Crippen LogP contribution in [0.1, 0.15) is 35.1 Å². The third-order valence-corrected chi connectivity index (χ3v) is 6.32. The van der Waals surface area contributed by atoms with E-state index in [4.69, 9.17) is 4.74 Å². The van der Waals surface area contributed by atoms with Gasteiger partial charge in [-0.25, -0.2) is 27.9 Å². The Morgan fingerprint density at radius 2 is 1.61 bits per heavy atom. The number of benzene rings is 1.